The standard InChI is InChI=1S/C19H28N2O4/c1-5-15(22)17(13(2)3)18(19(25)20-12-11-16(23)24)21(4)14-9-7-6-8-10-14/h6-10,13,17-18H,5,11-12H2,1-4H3,(H,20,25)(H,23,24)/t17?,18-/m0/s1. The summed E-state index contributed by atoms with van der Waals surface area (Å²) in [4.78, 5) is 37.8. The van der Waals surface area contributed by atoms with E-state index in [-0.39, 0.29) is 30.6 Å². The molecule has 0 aliphatic carbocycles. The fraction of sp³-hybridized carbons (Fsp3) is 0.526. The number of likely N-dealkylation sites (N-methyl/N-ethyl adjacent to an activating group) is 1. The maximum atomic E-state index is 12.8. The number of rotatable bonds is 10. The van der Waals surface area contributed by atoms with Crippen molar-refractivity contribution in [3.63, 3.8) is 0 Å². The number of Topliss-reactive ketones (excluding diaryl/α,β-unsaturated/α-hetero) is 1. The Labute approximate surface area is 149 Å². The third-order valence-corrected chi connectivity index (χ3v) is 4.27. The predicted molar refractivity (Wildman–Crippen MR) is 97.5 cm³/mol. The number of carbonyl (C=O) groups excluding carboxylic acids is 2. The van der Waals surface area contributed by atoms with Crippen molar-refractivity contribution in [3.8, 4) is 0 Å². The zero-order valence-electron chi connectivity index (χ0n) is 15.4. The Balaban J connectivity index is 3.13. The van der Waals surface area contributed by atoms with Gasteiger partial charge in [0.15, 0.2) is 0 Å². The van der Waals surface area contributed by atoms with Gasteiger partial charge in [-0.25, -0.2) is 0 Å². The Kier molecular flexibility index (Phi) is 8.11. The lowest BCUT2D eigenvalue weighted by atomic mass is 9.82. The average molecular weight is 348 g/mol. The summed E-state index contributed by atoms with van der Waals surface area (Å²) in [6, 6.07) is 8.70. The molecule has 6 heteroatoms. The third-order valence-electron chi connectivity index (χ3n) is 4.27. The summed E-state index contributed by atoms with van der Waals surface area (Å²) < 4.78 is 0. The molecule has 1 unspecified atom stereocenters. The number of amides is 1. The highest BCUT2D eigenvalue weighted by molar-refractivity contribution is 5.93. The maximum absolute atomic E-state index is 12.8. The van der Waals surface area contributed by atoms with Gasteiger partial charge >= 0.3 is 5.97 Å². The highest BCUT2D eigenvalue weighted by Crippen LogP contribution is 2.26. The van der Waals surface area contributed by atoms with Gasteiger partial charge in [-0.05, 0) is 18.1 Å². The number of nitrogens with zero attached hydrogens (tertiary/aromatic N) is 1. The lowest BCUT2D eigenvalue weighted by Crippen LogP contribution is -2.53. The smallest absolute Gasteiger partial charge is 0.305 e. The first kappa shape index (κ1) is 20.7. The van der Waals surface area contributed by atoms with E-state index in [0.29, 0.717) is 6.42 Å². The zero-order valence-corrected chi connectivity index (χ0v) is 15.4. The maximum Gasteiger partial charge on any atom is 0.305 e. The van der Waals surface area contributed by atoms with Crippen LogP contribution in [0.2, 0.25) is 0 Å². The second kappa shape index (κ2) is 9.81. The summed E-state index contributed by atoms with van der Waals surface area (Å²) in [5.41, 5.74) is 0.829. The van der Waals surface area contributed by atoms with Crippen molar-refractivity contribution in [1.29, 1.82) is 0 Å². The van der Waals surface area contributed by atoms with Crippen LogP contribution in [0, 0.1) is 11.8 Å². The van der Waals surface area contributed by atoms with Crippen LogP contribution >= 0.6 is 0 Å². The molecule has 138 valence electrons. The molecule has 1 amide bonds. The van der Waals surface area contributed by atoms with E-state index in [1.165, 1.54) is 0 Å². The predicted octanol–water partition coefficient (Wildman–Crippen LogP) is 2.33. The number of hydrogen-bond donors (Lipinski definition) is 2. The molecule has 1 rings (SSSR count). The molecule has 1 aromatic carbocycles. The van der Waals surface area contributed by atoms with Crippen LogP contribution in [0.25, 0.3) is 0 Å². The molecule has 0 radical (unpaired) electrons. The summed E-state index contributed by atoms with van der Waals surface area (Å²) >= 11 is 0. The Morgan fingerprint density at radius 3 is 2.24 bits per heavy atom. The molecule has 25 heavy (non-hydrogen) atoms. The fourth-order valence-electron chi connectivity index (χ4n) is 2.95. The normalized spacial score (nSPS) is 13.2. The van der Waals surface area contributed by atoms with Gasteiger partial charge in [0.2, 0.25) is 5.91 Å². The molecule has 0 heterocycles. The minimum Gasteiger partial charge on any atom is -0.481 e. The minimum atomic E-state index is -0.974. The Morgan fingerprint density at radius 1 is 1.16 bits per heavy atom. The van der Waals surface area contributed by atoms with Gasteiger partial charge in [-0.15, -0.1) is 0 Å². The largest absolute Gasteiger partial charge is 0.481 e. The van der Waals surface area contributed by atoms with E-state index in [0.717, 1.165) is 5.69 Å². The minimum absolute atomic E-state index is 0.0196. The van der Waals surface area contributed by atoms with Gasteiger partial charge in [0.1, 0.15) is 11.8 Å². The van der Waals surface area contributed by atoms with E-state index < -0.39 is 17.9 Å². The number of benzene rings is 1. The fourth-order valence-corrected chi connectivity index (χ4v) is 2.95. The Hall–Kier alpha value is -2.37. The van der Waals surface area contributed by atoms with Gasteiger partial charge < -0.3 is 15.3 Å². The number of nitrogens with one attached hydrogen (secondary N) is 1. The first-order valence-corrected chi connectivity index (χ1v) is 8.59. The van der Waals surface area contributed by atoms with Crippen LogP contribution in [0.1, 0.15) is 33.6 Å². The van der Waals surface area contributed by atoms with Crippen molar-refractivity contribution in [2.24, 2.45) is 11.8 Å². The van der Waals surface area contributed by atoms with Crippen molar-refractivity contribution in [2.75, 3.05) is 18.5 Å². The molecule has 0 saturated heterocycles. The lowest BCUT2D eigenvalue weighted by molar-refractivity contribution is -0.137. The molecule has 0 saturated carbocycles. The molecular formula is C19H28N2O4. The van der Waals surface area contributed by atoms with Crippen LogP contribution in [0.15, 0.2) is 30.3 Å². The van der Waals surface area contributed by atoms with Gasteiger partial charge in [-0.2, -0.15) is 0 Å². The Morgan fingerprint density at radius 2 is 1.76 bits per heavy atom. The average Bonchev–Trinajstić information content (AvgIpc) is 2.58. The first-order valence-electron chi connectivity index (χ1n) is 8.59. The van der Waals surface area contributed by atoms with Crippen LogP contribution in [0.5, 0.6) is 0 Å². The molecule has 0 aliphatic heterocycles. The molecule has 1 aromatic rings. The SMILES string of the molecule is CCC(=O)C(C(C)C)[C@@H](C(=O)NCCC(=O)O)N(C)c1ccccc1. The van der Waals surface area contributed by atoms with E-state index in [2.05, 4.69) is 5.32 Å². The molecule has 0 aliphatic rings. The van der Waals surface area contributed by atoms with Crippen LogP contribution in [0.4, 0.5) is 5.69 Å². The zero-order chi connectivity index (χ0) is 19.0. The van der Waals surface area contributed by atoms with Crippen molar-refractivity contribution >= 4 is 23.3 Å². The van der Waals surface area contributed by atoms with Crippen molar-refractivity contribution < 1.29 is 19.5 Å². The molecule has 2 atom stereocenters. The molecular weight excluding hydrogens is 320 g/mol. The molecule has 2 N–H and O–H groups in total. The summed E-state index contributed by atoms with van der Waals surface area (Å²) in [5.74, 6) is -1.77. The molecule has 0 bridgehead atoms. The number of aliphatic carboxylic acids is 1. The van der Waals surface area contributed by atoms with Gasteiger partial charge in [-0.1, -0.05) is 39.0 Å². The number of carboxylic acid groups (broad SMARTS) is 1. The van der Waals surface area contributed by atoms with Crippen LogP contribution < -0.4 is 10.2 Å². The quantitative estimate of drug-likeness (QED) is 0.678. The van der Waals surface area contributed by atoms with E-state index in [1.54, 1.807) is 18.9 Å². The van der Waals surface area contributed by atoms with Crippen molar-refractivity contribution in [3.05, 3.63) is 30.3 Å². The van der Waals surface area contributed by atoms with Crippen LogP contribution in [-0.2, 0) is 14.4 Å². The van der Waals surface area contributed by atoms with Crippen LogP contribution in [0.3, 0.4) is 0 Å². The van der Waals surface area contributed by atoms with E-state index >= 15 is 0 Å². The molecule has 0 spiro atoms. The first-order chi connectivity index (χ1) is 11.8. The molecule has 0 fully saturated rings. The molecule has 6 nitrogen and oxygen atoms in total. The second-order valence-corrected chi connectivity index (χ2v) is 6.42. The summed E-state index contributed by atoms with van der Waals surface area (Å²) in [6.07, 6.45) is 0.200. The summed E-state index contributed by atoms with van der Waals surface area (Å²) in [6.45, 7) is 5.68. The number of para-hydroxylation sites is 1. The summed E-state index contributed by atoms with van der Waals surface area (Å²) in [7, 11) is 1.79. The van der Waals surface area contributed by atoms with E-state index in [4.69, 9.17) is 5.11 Å². The number of hydrogen-bond acceptors (Lipinski definition) is 4. The van der Waals surface area contributed by atoms with Crippen molar-refractivity contribution in [2.45, 2.75) is 39.7 Å². The van der Waals surface area contributed by atoms with Crippen molar-refractivity contribution in [1.82, 2.24) is 5.32 Å². The Bertz CT molecular complexity index is 586. The molecule has 0 aromatic heterocycles. The van der Waals surface area contributed by atoms with E-state index in [1.807, 2.05) is 44.2 Å². The highest BCUT2D eigenvalue weighted by Gasteiger charge is 2.37. The van der Waals surface area contributed by atoms with Gasteiger partial charge in [0.05, 0.1) is 6.42 Å². The lowest BCUT2D eigenvalue weighted by Gasteiger charge is -2.36. The number of carbonyl (C=O) groups is 3. The third kappa shape index (κ3) is 5.89. The van der Waals surface area contributed by atoms with Gasteiger partial charge in [0.25, 0.3) is 0 Å². The number of anilines is 1. The van der Waals surface area contributed by atoms with Gasteiger partial charge in [0, 0.05) is 31.6 Å². The summed E-state index contributed by atoms with van der Waals surface area (Å²) in [5, 5.41) is 11.4. The highest BCUT2D eigenvalue weighted by atomic mass is 16.4. The van der Waals surface area contributed by atoms with Crippen LogP contribution in [-0.4, -0.2) is 42.4 Å². The van der Waals surface area contributed by atoms with Gasteiger partial charge in [-0.3, -0.25) is 14.4 Å². The number of carboxylic acids is 1. The monoisotopic (exact) mass is 348 g/mol. The topological polar surface area (TPSA) is 86.7 Å². The van der Waals surface area contributed by atoms with E-state index in [9.17, 15) is 14.4 Å². The second-order valence-electron chi connectivity index (χ2n) is 6.42. The number of ketones is 1.